The maximum Gasteiger partial charge on any atom is 0.251 e. The predicted octanol–water partition coefficient (Wildman–Crippen LogP) is 1.54. The van der Waals surface area contributed by atoms with Gasteiger partial charge in [0.05, 0.1) is 6.04 Å². The number of carbonyl (C=O) groups excluding carboxylic acids is 3. The Morgan fingerprint density at radius 2 is 1.85 bits per heavy atom. The van der Waals surface area contributed by atoms with Crippen molar-refractivity contribution in [1.82, 2.24) is 20.9 Å². The number of likely N-dealkylation sites (N-methyl/N-ethyl adjacent to an activating group) is 1. The second-order valence-corrected chi connectivity index (χ2v) is 8.50. The van der Waals surface area contributed by atoms with Gasteiger partial charge in [-0.25, -0.2) is 9.37 Å². The summed E-state index contributed by atoms with van der Waals surface area (Å²) in [5.41, 5.74) is 1.52. The van der Waals surface area contributed by atoms with Crippen LogP contribution in [0.25, 0.3) is 0 Å². The van der Waals surface area contributed by atoms with Crippen LogP contribution in [0.2, 0.25) is 0 Å². The largest absolute Gasteiger partial charge is 0.350 e. The van der Waals surface area contributed by atoms with Crippen molar-refractivity contribution in [2.75, 3.05) is 11.9 Å². The summed E-state index contributed by atoms with van der Waals surface area (Å²) < 4.78 is 13.2. The van der Waals surface area contributed by atoms with Crippen LogP contribution in [0.5, 0.6) is 0 Å². The molecule has 0 fully saturated rings. The number of hydrogen-bond acceptors (Lipinski definition) is 5. The molecule has 9 heteroatoms. The molecule has 0 saturated heterocycles. The lowest BCUT2D eigenvalue weighted by Crippen LogP contribution is -2.58. The predicted molar refractivity (Wildman–Crippen MR) is 123 cm³/mol. The highest BCUT2D eigenvalue weighted by Crippen LogP contribution is 2.31. The SMILES string of the molecule is CNC(C)C(=O)NC(C(=O)N1c2ncccc2CC1C(=O)NCc1ccc(F)cc1)C(C)C. The van der Waals surface area contributed by atoms with Crippen LogP contribution < -0.4 is 20.9 Å². The molecule has 3 rings (SSSR count). The molecule has 3 amide bonds. The molecule has 2 aromatic rings. The number of rotatable bonds is 8. The Labute approximate surface area is 193 Å². The third kappa shape index (κ3) is 5.54. The molecule has 3 unspecified atom stereocenters. The van der Waals surface area contributed by atoms with E-state index in [-0.39, 0.29) is 36.0 Å². The van der Waals surface area contributed by atoms with E-state index in [1.165, 1.54) is 17.0 Å². The zero-order valence-corrected chi connectivity index (χ0v) is 19.3. The van der Waals surface area contributed by atoms with Gasteiger partial charge in [0, 0.05) is 19.2 Å². The first-order valence-electron chi connectivity index (χ1n) is 11.0. The molecular weight excluding hydrogens is 425 g/mol. The lowest BCUT2D eigenvalue weighted by Gasteiger charge is -2.31. The Morgan fingerprint density at radius 1 is 1.15 bits per heavy atom. The van der Waals surface area contributed by atoms with Crippen LogP contribution >= 0.6 is 0 Å². The number of nitrogens with zero attached hydrogens (tertiary/aromatic N) is 2. The van der Waals surface area contributed by atoms with E-state index in [1.807, 2.05) is 19.9 Å². The summed E-state index contributed by atoms with van der Waals surface area (Å²) in [5.74, 6) is -1.17. The van der Waals surface area contributed by atoms with Gasteiger partial charge in [-0.05, 0) is 49.2 Å². The van der Waals surface area contributed by atoms with Crippen molar-refractivity contribution >= 4 is 23.5 Å². The maximum absolute atomic E-state index is 13.7. The summed E-state index contributed by atoms with van der Waals surface area (Å²) in [6.45, 7) is 5.58. The van der Waals surface area contributed by atoms with Crippen LogP contribution in [0, 0.1) is 11.7 Å². The first-order chi connectivity index (χ1) is 15.7. The summed E-state index contributed by atoms with van der Waals surface area (Å²) in [7, 11) is 1.67. The third-order valence-electron chi connectivity index (χ3n) is 5.80. The van der Waals surface area contributed by atoms with Crippen molar-refractivity contribution in [2.45, 2.75) is 51.9 Å². The van der Waals surface area contributed by atoms with Crippen molar-refractivity contribution in [2.24, 2.45) is 5.92 Å². The summed E-state index contributed by atoms with van der Waals surface area (Å²) in [6, 6.07) is 7.34. The van der Waals surface area contributed by atoms with Gasteiger partial charge in [0.2, 0.25) is 11.8 Å². The van der Waals surface area contributed by atoms with Crippen LogP contribution in [0.1, 0.15) is 31.9 Å². The van der Waals surface area contributed by atoms with Crippen LogP contribution in [0.3, 0.4) is 0 Å². The number of fused-ring (bicyclic) bond motifs is 1. The molecule has 8 nitrogen and oxygen atoms in total. The molecule has 0 radical (unpaired) electrons. The van der Waals surface area contributed by atoms with Crippen LogP contribution in [-0.2, 0) is 27.3 Å². The van der Waals surface area contributed by atoms with Gasteiger partial charge < -0.3 is 16.0 Å². The van der Waals surface area contributed by atoms with Crippen molar-refractivity contribution < 1.29 is 18.8 Å². The highest BCUT2D eigenvalue weighted by atomic mass is 19.1. The molecule has 1 aliphatic rings. The zero-order chi connectivity index (χ0) is 24.1. The van der Waals surface area contributed by atoms with Crippen molar-refractivity contribution in [3.05, 3.63) is 59.5 Å². The van der Waals surface area contributed by atoms with Gasteiger partial charge in [0.25, 0.3) is 5.91 Å². The van der Waals surface area contributed by atoms with E-state index in [4.69, 9.17) is 0 Å². The summed E-state index contributed by atoms with van der Waals surface area (Å²) >= 11 is 0. The van der Waals surface area contributed by atoms with Crippen LogP contribution in [0.4, 0.5) is 10.2 Å². The molecule has 0 aliphatic carbocycles. The second-order valence-electron chi connectivity index (χ2n) is 8.50. The molecule has 1 aliphatic heterocycles. The quantitative estimate of drug-likeness (QED) is 0.560. The fraction of sp³-hybridized carbons (Fsp3) is 0.417. The number of halogens is 1. The van der Waals surface area contributed by atoms with E-state index in [0.29, 0.717) is 12.2 Å². The number of hydrogen-bond donors (Lipinski definition) is 3. The van der Waals surface area contributed by atoms with E-state index < -0.39 is 18.1 Å². The minimum atomic E-state index is -0.825. The third-order valence-corrected chi connectivity index (χ3v) is 5.80. The van der Waals surface area contributed by atoms with Crippen LogP contribution in [0.15, 0.2) is 42.6 Å². The number of carbonyl (C=O) groups is 3. The van der Waals surface area contributed by atoms with E-state index in [9.17, 15) is 18.8 Å². The molecule has 2 heterocycles. The average Bonchev–Trinajstić information content (AvgIpc) is 3.20. The lowest BCUT2D eigenvalue weighted by atomic mass is 10.0. The van der Waals surface area contributed by atoms with Gasteiger partial charge >= 0.3 is 0 Å². The van der Waals surface area contributed by atoms with Crippen molar-refractivity contribution in [3.63, 3.8) is 0 Å². The van der Waals surface area contributed by atoms with Gasteiger partial charge in [-0.3, -0.25) is 19.3 Å². The number of pyridine rings is 1. The summed E-state index contributed by atoms with van der Waals surface area (Å²) in [4.78, 5) is 45.0. The molecule has 1 aromatic carbocycles. The number of anilines is 1. The molecule has 33 heavy (non-hydrogen) atoms. The number of aromatic nitrogens is 1. The number of benzene rings is 1. The smallest absolute Gasteiger partial charge is 0.251 e. The van der Waals surface area contributed by atoms with E-state index in [0.717, 1.165) is 11.1 Å². The zero-order valence-electron chi connectivity index (χ0n) is 19.3. The topological polar surface area (TPSA) is 103 Å². The summed E-state index contributed by atoms with van der Waals surface area (Å²) in [6.07, 6.45) is 1.89. The molecule has 176 valence electrons. The van der Waals surface area contributed by atoms with Gasteiger partial charge in [-0.15, -0.1) is 0 Å². The molecule has 3 N–H and O–H groups in total. The highest BCUT2D eigenvalue weighted by molar-refractivity contribution is 6.06. The Bertz CT molecular complexity index is 1010. The fourth-order valence-electron chi connectivity index (χ4n) is 3.70. The molecular formula is C24H30FN5O3. The first-order valence-corrected chi connectivity index (χ1v) is 11.0. The number of nitrogens with one attached hydrogen (secondary N) is 3. The summed E-state index contributed by atoms with van der Waals surface area (Å²) in [5, 5.41) is 8.50. The number of amides is 3. The van der Waals surface area contributed by atoms with Gasteiger partial charge in [0.1, 0.15) is 23.7 Å². The van der Waals surface area contributed by atoms with Crippen molar-refractivity contribution in [3.8, 4) is 0 Å². The van der Waals surface area contributed by atoms with Gasteiger partial charge in [-0.2, -0.15) is 0 Å². The Balaban J connectivity index is 1.83. The monoisotopic (exact) mass is 455 g/mol. The van der Waals surface area contributed by atoms with Crippen molar-refractivity contribution in [1.29, 1.82) is 0 Å². The van der Waals surface area contributed by atoms with Crippen LogP contribution in [-0.4, -0.2) is 47.9 Å². The minimum Gasteiger partial charge on any atom is -0.350 e. The van der Waals surface area contributed by atoms with E-state index in [2.05, 4.69) is 20.9 Å². The van der Waals surface area contributed by atoms with E-state index in [1.54, 1.807) is 38.4 Å². The minimum absolute atomic E-state index is 0.200. The van der Waals surface area contributed by atoms with Gasteiger partial charge in [0.15, 0.2) is 0 Å². The van der Waals surface area contributed by atoms with Gasteiger partial charge in [-0.1, -0.05) is 32.0 Å². The molecule has 3 atom stereocenters. The van der Waals surface area contributed by atoms with E-state index >= 15 is 0 Å². The molecule has 0 bridgehead atoms. The maximum atomic E-state index is 13.7. The highest BCUT2D eigenvalue weighted by Gasteiger charge is 2.42. The second kappa shape index (κ2) is 10.5. The lowest BCUT2D eigenvalue weighted by molar-refractivity contribution is -0.131. The molecule has 1 aromatic heterocycles. The normalized spacial score (nSPS) is 16.8. The Morgan fingerprint density at radius 3 is 2.48 bits per heavy atom. The Hall–Kier alpha value is -3.33. The standard InChI is InChI=1S/C24H30FN5O3/c1-14(2)20(29-22(31)15(3)26-4)24(33)30-19(12-17-6-5-11-27-21(17)30)23(32)28-13-16-7-9-18(25)10-8-16/h5-11,14-15,19-20,26H,12-13H2,1-4H3,(H,28,32)(H,29,31). The Kier molecular flexibility index (Phi) is 7.75. The molecule has 0 spiro atoms. The molecule has 0 saturated carbocycles. The first kappa shape index (κ1) is 24.3. The average molecular weight is 456 g/mol. The fourth-order valence-corrected chi connectivity index (χ4v) is 3.70.